The van der Waals surface area contributed by atoms with Crippen molar-refractivity contribution in [3.05, 3.63) is 30.3 Å². The molecular weight excluding hydrogens is 250 g/mol. The number of hydrogen-bond acceptors (Lipinski definition) is 2. The van der Waals surface area contributed by atoms with Crippen LogP contribution in [-0.4, -0.2) is 11.8 Å². The van der Waals surface area contributed by atoms with E-state index in [1.165, 1.54) is 56.3 Å². The summed E-state index contributed by atoms with van der Waals surface area (Å²) in [7, 11) is 0. The van der Waals surface area contributed by atoms with Crippen molar-refractivity contribution >= 4 is 11.8 Å². The van der Waals surface area contributed by atoms with Gasteiger partial charge in [-0.2, -0.15) is 0 Å². The SMILES string of the molecule is CCCCCCCCCC(N)CSc1ccccc1. The predicted molar refractivity (Wildman–Crippen MR) is 87.8 cm³/mol. The van der Waals surface area contributed by atoms with Gasteiger partial charge in [0.05, 0.1) is 0 Å². The van der Waals surface area contributed by atoms with Gasteiger partial charge in [0.15, 0.2) is 0 Å². The molecule has 19 heavy (non-hydrogen) atoms. The van der Waals surface area contributed by atoms with Crippen LogP contribution in [-0.2, 0) is 0 Å². The first-order chi connectivity index (χ1) is 9.33. The predicted octanol–water partition coefficient (Wildman–Crippen LogP) is 5.25. The van der Waals surface area contributed by atoms with Gasteiger partial charge in [0.25, 0.3) is 0 Å². The first-order valence-corrected chi connectivity index (χ1v) is 8.75. The van der Waals surface area contributed by atoms with E-state index in [4.69, 9.17) is 5.73 Å². The van der Waals surface area contributed by atoms with Crippen LogP contribution in [0, 0.1) is 0 Å². The van der Waals surface area contributed by atoms with Crippen molar-refractivity contribution in [3.63, 3.8) is 0 Å². The maximum absolute atomic E-state index is 6.16. The average Bonchev–Trinajstić information content (AvgIpc) is 2.45. The zero-order valence-electron chi connectivity index (χ0n) is 12.3. The van der Waals surface area contributed by atoms with Crippen LogP contribution >= 0.6 is 11.8 Å². The van der Waals surface area contributed by atoms with E-state index in [-0.39, 0.29) is 0 Å². The van der Waals surface area contributed by atoms with Crippen molar-refractivity contribution in [2.24, 2.45) is 5.73 Å². The molecule has 1 atom stereocenters. The van der Waals surface area contributed by atoms with E-state index in [0.29, 0.717) is 6.04 Å². The van der Waals surface area contributed by atoms with Gasteiger partial charge in [0.1, 0.15) is 0 Å². The molecule has 0 amide bonds. The van der Waals surface area contributed by atoms with Crippen molar-refractivity contribution in [1.82, 2.24) is 0 Å². The summed E-state index contributed by atoms with van der Waals surface area (Å²) in [6.45, 7) is 2.27. The second-order valence-corrected chi connectivity index (χ2v) is 6.39. The lowest BCUT2D eigenvalue weighted by atomic mass is 10.1. The number of unbranched alkanes of at least 4 members (excludes halogenated alkanes) is 6. The summed E-state index contributed by atoms with van der Waals surface area (Å²) < 4.78 is 0. The molecule has 1 aromatic rings. The minimum atomic E-state index is 0.348. The molecule has 1 aromatic carbocycles. The zero-order chi connectivity index (χ0) is 13.8. The molecule has 2 N–H and O–H groups in total. The molecule has 0 aliphatic rings. The third kappa shape index (κ3) is 9.12. The highest BCUT2D eigenvalue weighted by atomic mass is 32.2. The summed E-state index contributed by atoms with van der Waals surface area (Å²) >= 11 is 1.88. The standard InChI is InChI=1S/C17H29NS/c1-2-3-4-5-6-7-9-12-16(18)15-19-17-13-10-8-11-14-17/h8,10-11,13-14,16H,2-7,9,12,15,18H2,1H3. The number of thioether (sulfide) groups is 1. The second-order valence-electron chi connectivity index (χ2n) is 5.29. The van der Waals surface area contributed by atoms with Gasteiger partial charge in [-0.25, -0.2) is 0 Å². The monoisotopic (exact) mass is 279 g/mol. The second kappa shape index (κ2) is 11.4. The maximum atomic E-state index is 6.16. The summed E-state index contributed by atoms with van der Waals surface area (Å²) in [4.78, 5) is 1.33. The van der Waals surface area contributed by atoms with Crippen LogP contribution in [0.4, 0.5) is 0 Å². The smallest absolute Gasteiger partial charge is 0.0133 e. The third-order valence-corrected chi connectivity index (χ3v) is 4.59. The fourth-order valence-corrected chi connectivity index (χ4v) is 3.09. The Morgan fingerprint density at radius 2 is 1.58 bits per heavy atom. The molecule has 108 valence electrons. The maximum Gasteiger partial charge on any atom is 0.0133 e. The molecule has 0 aromatic heterocycles. The lowest BCUT2D eigenvalue weighted by Crippen LogP contribution is -2.22. The third-order valence-electron chi connectivity index (χ3n) is 3.39. The molecule has 0 saturated heterocycles. The molecule has 1 unspecified atom stereocenters. The molecule has 0 radical (unpaired) electrons. The molecule has 0 aliphatic heterocycles. The van der Waals surface area contributed by atoms with E-state index in [1.807, 2.05) is 11.8 Å². The highest BCUT2D eigenvalue weighted by molar-refractivity contribution is 7.99. The van der Waals surface area contributed by atoms with E-state index < -0.39 is 0 Å². The molecule has 0 saturated carbocycles. The van der Waals surface area contributed by atoms with Gasteiger partial charge in [-0.1, -0.05) is 70.1 Å². The van der Waals surface area contributed by atoms with Crippen LogP contribution in [0.25, 0.3) is 0 Å². The Bertz CT molecular complexity index is 299. The normalized spacial score (nSPS) is 12.5. The van der Waals surface area contributed by atoms with Gasteiger partial charge in [-0.05, 0) is 18.6 Å². The fraction of sp³-hybridized carbons (Fsp3) is 0.647. The van der Waals surface area contributed by atoms with Crippen LogP contribution in [0.15, 0.2) is 35.2 Å². The first-order valence-electron chi connectivity index (χ1n) is 7.76. The Hall–Kier alpha value is -0.470. The first kappa shape index (κ1) is 16.6. The van der Waals surface area contributed by atoms with E-state index >= 15 is 0 Å². The molecule has 0 bridgehead atoms. The van der Waals surface area contributed by atoms with Gasteiger partial charge >= 0.3 is 0 Å². The molecule has 2 heteroatoms. The molecule has 0 spiro atoms. The summed E-state index contributed by atoms with van der Waals surface area (Å²) in [5, 5.41) is 0. The van der Waals surface area contributed by atoms with Gasteiger partial charge in [-0.3, -0.25) is 0 Å². The summed E-state index contributed by atoms with van der Waals surface area (Å²) in [5.74, 6) is 1.04. The molecule has 0 heterocycles. The average molecular weight is 279 g/mol. The van der Waals surface area contributed by atoms with Crippen molar-refractivity contribution in [2.75, 3.05) is 5.75 Å². The highest BCUT2D eigenvalue weighted by Gasteiger charge is 2.03. The van der Waals surface area contributed by atoms with Crippen LogP contribution < -0.4 is 5.73 Å². The van der Waals surface area contributed by atoms with Crippen LogP contribution in [0.1, 0.15) is 58.3 Å². The van der Waals surface area contributed by atoms with Crippen molar-refractivity contribution in [1.29, 1.82) is 0 Å². The number of rotatable bonds is 11. The minimum Gasteiger partial charge on any atom is -0.327 e. The van der Waals surface area contributed by atoms with Crippen molar-refractivity contribution in [3.8, 4) is 0 Å². The molecular formula is C17H29NS. The van der Waals surface area contributed by atoms with Crippen molar-refractivity contribution in [2.45, 2.75) is 69.2 Å². The number of hydrogen-bond donors (Lipinski definition) is 1. The lowest BCUT2D eigenvalue weighted by Gasteiger charge is -2.11. The summed E-state index contributed by atoms with van der Waals surface area (Å²) in [5.41, 5.74) is 6.16. The lowest BCUT2D eigenvalue weighted by molar-refractivity contribution is 0.549. The Morgan fingerprint density at radius 1 is 0.947 bits per heavy atom. The van der Waals surface area contributed by atoms with E-state index in [9.17, 15) is 0 Å². The fourth-order valence-electron chi connectivity index (χ4n) is 2.17. The van der Waals surface area contributed by atoms with Crippen molar-refractivity contribution < 1.29 is 0 Å². The van der Waals surface area contributed by atoms with E-state index in [0.717, 1.165) is 5.75 Å². The van der Waals surface area contributed by atoms with E-state index in [1.54, 1.807) is 0 Å². The Labute approximate surface area is 123 Å². The Morgan fingerprint density at radius 3 is 2.26 bits per heavy atom. The number of nitrogens with two attached hydrogens (primary N) is 1. The largest absolute Gasteiger partial charge is 0.327 e. The molecule has 1 nitrogen and oxygen atoms in total. The topological polar surface area (TPSA) is 26.0 Å². The zero-order valence-corrected chi connectivity index (χ0v) is 13.1. The summed E-state index contributed by atoms with van der Waals surface area (Å²) in [6.07, 6.45) is 10.8. The number of benzene rings is 1. The van der Waals surface area contributed by atoms with E-state index in [2.05, 4.69) is 37.3 Å². The highest BCUT2D eigenvalue weighted by Crippen LogP contribution is 2.19. The van der Waals surface area contributed by atoms with Crippen LogP contribution in [0.3, 0.4) is 0 Å². The van der Waals surface area contributed by atoms with Gasteiger partial charge in [0.2, 0.25) is 0 Å². The van der Waals surface area contributed by atoms with Crippen LogP contribution in [0.5, 0.6) is 0 Å². The van der Waals surface area contributed by atoms with Gasteiger partial charge in [-0.15, -0.1) is 11.8 Å². The molecule has 0 aliphatic carbocycles. The molecule has 0 fully saturated rings. The minimum absolute atomic E-state index is 0.348. The summed E-state index contributed by atoms with van der Waals surface area (Å²) in [6, 6.07) is 10.9. The molecule has 1 rings (SSSR count). The van der Waals surface area contributed by atoms with Crippen LogP contribution in [0.2, 0.25) is 0 Å². The van der Waals surface area contributed by atoms with Gasteiger partial charge < -0.3 is 5.73 Å². The Kier molecular flexibility index (Phi) is 9.92. The Balaban J connectivity index is 1.95. The van der Waals surface area contributed by atoms with Gasteiger partial charge in [0, 0.05) is 16.7 Å². The quantitative estimate of drug-likeness (QED) is 0.442.